The molecule has 7 nitrogen and oxygen atoms in total. The lowest BCUT2D eigenvalue weighted by atomic mass is 10.1. The van der Waals surface area contributed by atoms with E-state index in [4.69, 9.17) is 11.6 Å². The van der Waals surface area contributed by atoms with Gasteiger partial charge in [0.1, 0.15) is 6.04 Å². The first-order valence-corrected chi connectivity index (χ1v) is 14.3. The topological polar surface area (TPSA) is 86.8 Å². The van der Waals surface area contributed by atoms with E-state index in [9.17, 15) is 31.2 Å². The maximum absolute atomic E-state index is 13.3. The first-order valence-electron chi connectivity index (χ1n) is 12.1. The summed E-state index contributed by atoms with van der Waals surface area (Å²) in [5, 5.41) is 3.33. The van der Waals surface area contributed by atoms with Gasteiger partial charge in [0, 0.05) is 30.6 Å². The largest absolute Gasteiger partial charge is 0.416 e. The molecule has 0 aliphatic heterocycles. The van der Waals surface area contributed by atoms with Crippen molar-refractivity contribution >= 4 is 39.1 Å². The molecule has 0 spiro atoms. The molecule has 0 unspecified atom stereocenters. The number of carbonyl (C=O) groups excluding carboxylic acids is 2. The number of amides is 2. The fourth-order valence-corrected chi connectivity index (χ4v) is 4.89. The van der Waals surface area contributed by atoms with Gasteiger partial charge in [0.25, 0.3) is 0 Å². The first-order chi connectivity index (χ1) is 17.6. The van der Waals surface area contributed by atoms with Crippen LogP contribution in [0.1, 0.15) is 51.2 Å². The van der Waals surface area contributed by atoms with Gasteiger partial charge in [-0.2, -0.15) is 13.2 Å². The van der Waals surface area contributed by atoms with E-state index in [1.165, 1.54) is 11.0 Å². The van der Waals surface area contributed by atoms with E-state index < -0.39 is 33.7 Å². The molecule has 1 N–H and O–H groups in total. The Hall–Kier alpha value is -2.79. The maximum Gasteiger partial charge on any atom is 0.416 e. The highest BCUT2D eigenvalue weighted by molar-refractivity contribution is 7.92. The quantitative estimate of drug-likeness (QED) is 0.375. The number of carbonyl (C=O) groups is 2. The second-order valence-electron chi connectivity index (χ2n) is 9.13. The molecule has 12 heteroatoms. The van der Waals surface area contributed by atoms with Gasteiger partial charge in [0.15, 0.2) is 0 Å². The number of alkyl halides is 3. The van der Waals surface area contributed by atoms with Crippen LogP contribution in [-0.2, 0) is 32.3 Å². The van der Waals surface area contributed by atoms with Crippen molar-refractivity contribution < 1.29 is 31.2 Å². The number of benzene rings is 2. The van der Waals surface area contributed by atoms with Gasteiger partial charge in [0.2, 0.25) is 21.8 Å². The number of halogens is 4. The molecule has 0 heterocycles. The zero-order valence-electron chi connectivity index (χ0n) is 21.8. The lowest BCUT2D eigenvalue weighted by molar-refractivity contribution is -0.140. The average molecular weight is 576 g/mol. The smallest absolute Gasteiger partial charge is 0.352 e. The summed E-state index contributed by atoms with van der Waals surface area (Å²) < 4.78 is 65.1. The third-order valence-corrected chi connectivity index (χ3v) is 7.45. The third-order valence-electron chi connectivity index (χ3n) is 6.02. The van der Waals surface area contributed by atoms with Crippen LogP contribution >= 0.6 is 11.6 Å². The number of nitrogens with zero attached hydrogens (tertiary/aromatic N) is 2. The van der Waals surface area contributed by atoms with E-state index in [2.05, 4.69) is 5.32 Å². The van der Waals surface area contributed by atoms with Crippen LogP contribution in [-0.4, -0.2) is 50.0 Å². The predicted octanol–water partition coefficient (Wildman–Crippen LogP) is 5.24. The molecule has 38 heavy (non-hydrogen) atoms. The van der Waals surface area contributed by atoms with Crippen molar-refractivity contribution in [2.75, 3.05) is 17.1 Å². The Bertz CT molecular complexity index is 1220. The molecular formula is C26H33ClF3N3O4S. The molecule has 0 aromatic heterocycles. The fraction of sp³-hybridized carbons (Fsp3) is 0.462. The van der Waals surface area contributed by atoms with Gasteiger partial charge in [-0.1, -0.05) is 36.7 Å². The summed E-state index contributed by atoms with van der Waals surface area (Å²) in [6, 6.07) is 9.95. The number of hydrogen-bond donors (Lipinski definition) is 1. The van der Waals surface area contributed by atoms with Crippen LogP contribution in [0.5, 0.6) is 0 Å². The standard InChI is InChI=1S/C26H33ClF3N3O4S/c1-5-18(2)31-25(35)19(3)32(17-20-9-6-11-22(27)15-20)24(34)13-8-14-33(38(4,36)37)23-12-7-10-21(16-23)26(28,29)30/h6-7,9-12,15-16,18-19H,5,8,13-14,17H2,1-4H3,(H,31,35)/t18-,19-/m0/s1. The predicted molar refractivity (Wildman–Crippen MR) is 142 cm³/mol. The van der Waals surface area contributed by atoms with Crippen molar-refractivity contribution in [1.29, 1.82) is 0 Å². The molecular weight excluding hydrogens is 543 g/mol. The number of anilines is 1. The van der Waals surface area contributed by atoms with E-state index in [-0.39, 0.29) is 43.6 Å². The van der Waals surface area contributed by atoms with E-state index >= 15 is 0 Å². The summed E-state index contributed by atoms with van der Waals surface area (Å²) in [5.41, 5.74) is -0.420. The second-order valence-corrected chi connectivity index (χ2v) is 11.5. The van der Waals surface area contributed by atoms with Gasteiger partial charge < -0.3 is 10.2 Å². The molecule has 2 aromatic rings. The van der Waals surface area contributed by atoms with Crippen LogP contribution in [0, 0.1) is 0 Å². The van der Waals surface area contributed by atoms with E-state index in [1.54, 1.807) is 31.2 Å². The summed E-state index contributed by atoms with van der Waals surface area (Å²) in [6.45, 7) is 5.25. The first kappa shape index (κ1) is 31.4. The minimum absolute atomic E-state index is 0.0217. The van der Waals surface area contributed by atoms with Crippen molar-refractivity contribution in [2.45, 2.75) is 64.8 Å². The van der Waals surface area contributed by atoms with Crippen LogP contribution in [0.4, 0.5) is 18.9 Å². The molecule has 0 aliphatic rings. The molecule has 2 aromatic carbocycles. The van der Waals surface area contributed by atoms with Crippen LogP contribution in [0.3, 0.4) is 0 Å². The molecule has 210 valence electrons. The maximum atomic E-state index is 13.3. The summed E-state index contributed by atoms with van der Waals surface area (Å²) >= 11 is 6.08. The number of rotatable bonds is 12. The Morgan fingerprint density at radius 1 is 1.08 bits per heavy atom. The summed E-state index contributed by atoms with van der Waals surface area (Å²) in [7, 11) is -3.94. The lowest BCUT2D eigenvalue weighted by Gasteiger charge is -2.30. The molecule has 0 fully saturated rings. The Morgan fingerprint density at radius 2 is 1.74 bits per heavy atom. The van der Waals surface area contributed by atoms with Crippen LogP contribution in [0.2, 0.25) is 5.02 Å². The SMILES string of the molecule is CC[C@H](C)NC(=O)[C@H](C)N(Cc1cccc(Cl)c1)C(=O)CCCN(c1cccc(C(F)(F)F)c1)S(C)(=O)=O. The molecule has 2 atom stereocenters. The second kappa shape index (κ2) is 13.3. The van der Waals surface area contributed by atoms with E-state index in [0.29, 0.717) is 17.0 Å². The normalized spacial score (nSPS) is 13.5. The Kier molecular flexibility index (Phi) is 11.0. The van der Waals surface area contributed by atoms with Crippen molar-refractivity contribution in [3.05, 3.63) is 64.7 Å². The van der Waals surface area contributed by atoms with Crippen LogP contribution in [0.25, 0.3) is 0 Å². The summed E-state index contributed by atoms with van der Waals surface area (Å²) in [4.78, 5) is 27.5. The van der Waals surface area contributed by atoms with Gasteiger partial charge in [-0.25, -0.2) is 8.42 Å². The minimum Gasteiger partial charge on any atom is -0.352 e. The van der Waals surface area contributed by atoms with Crippen LogP contribution < -0.4 is 9.62 Å². The molecule has 0 radical (unpaired) electrons. The van der Waals surface area contributed by atoms with Gasteiger partial charge in [-0.05, 0) is 62.6 Å². The number of nitrogens with one attached hydrogen (secondary N) is 1. The Labute approximate surface area is 227 Å². The molecule has 2 rings (SSSR count). The summed E-state index contributed by atoms with van der Waals surface area (Å²) in [6.07, 6.45) is -3.15. The highest BCUT2D eigenvalue weighted by Crippen LogP contribution is 2.32. The molecule has 0 aliphatic carbocycles. The van der Waals surface area contributed by atoms with Crippen LogP contribution in [0.15, 0.2) is 48.5 Å². The number of sulfonamides is 1. The van der Waals surface area contributed by atoms with Crippen molar-refractivity contribution in [1.82, 2.24) is 10.2 Å². The van der Waals surface area contributed by atoms with Crippen molar-refractivity contribution in [3.8, 4) is 0 Å². The monoisotopic (exact) mass is 575 g/mol. The average Bonchev–Trinajstić information content (AvgIpc) is 2.83. The third kappa shape index (κ3) is 9.20. The Balaban J connectivity index is 2.22. The van der Waals surface area contributed by atoms with Crippen molar-refractivity contribution in [2.24, 2.45) is 0 Å². The van der Waals surface area contributed by atoms with E-state index in [1.807, 2.05) is 13.8 Å². The Morgan fingerprint density at radius 3 is 2.32 bits per heavy atom. The van der Waals surface area contributed by atoms with Gasteiger partial charge in [-0.3, -0.25) is 13.9 Å². The fourth-order valence-electron chi connectivity index (χ4n) is 3.72. The molecule has 0 bridgehead atoms. The zero-order valence-corrected chi connectivity index (χ0v) is 23.3. The molecule has 2 amide bonds. The highest BCUT2D eigenvalue weighted by Gasteiger charge is 2.32. The van der Waals surface area contributed by atoms with E-state index in [0.717, 1.165) is 28.8 Å². The number of hydrogen-bond acceptors (Lipinski definition) is 4. The summed E-state index contributed by atoms with van der Waals surface area (Å²) in [5.74, 6) is -0.745. The van der Waals surface area contributed by atoms with Gasteiger partial charge in [0.05, 0.1) is 17.5 Å². The minimum atomic E-state index is -4.64. The lowest BCUT2D eigenvalue weighted by Crippen LogP contribution is -2.49. The highest BCUT2D eigenvalue weighted by atomic mass is 35.5. The van der Waals surface area contributed by atoms with Gasteiger partial charge in [-0.15, -0.1) is 0 Å². The molecule has 0 saturated carbocycles. The van der Waals surface area contributed by atoms with Gasteiger partial charge >= 0.3 is 6.18 Å². The van der Waals surface area contributed by atoms with Crippen molar-refractivity contribution in [3.63, 3.8) is 0 Å². The zero-order chi connectivity index (χ0) is 28.7. The molecule has 0 saturated heterocycles.